The molecule has 0 saturated carbocycles. The monoisotopic (exact) mass is 346 g/mol. The van der Waals surface area contributed by atoms with Crippen molar-refractivity contribution in [2.24, 2.45) is 0 Å². The predicted octanol–water partition coefficient (Wildman–Crippen LogP) is 3.03. The average Bonchev–Trinajstić information content (AvgIpc) is 2.49. The zero-order valence-electron chi connectivity index (χ0n) is 10.9. The van der Waals surface area contributed by atoms with Gasteiger partial charge in [0, 0.05) is 10.0 Å². The van der Waals surface area contributed by atoms with Crippen LogP contribution in [0.4, 0.5) is 11.4 Å². The summed E-state index contributed by atoms with van der Waals surface area (Å²) in [4.78, 5) is 23.4. The summed E-state index contributed by atoms with van der Waals surface area (Å²) in [5.74, 6) is 0.0486. The first-order chi connectivity index (χ1) is 10.1. The lowest BCUT2D eigenvalue weighted by molar-refractivity contribution is -0.118. The summed E-state index contributed by atoms with van der Waals surface area (Å²) in [5.41, 5.74) is 1.72. The summed E-state index contributed by atoms with van der Waals surface area (Å²) in [6, 6.07) is 12.3. The number of ether oxygens (including phenoxy) is 1. The van der Waals surface area contributed by atoms with E-state index in [2.05, 4.69) is 26.6 Å². The minimum atomic E-state index is -0.245. The van der Waals surface area contributed by atoms with Crippen molar-refractivity contribution in [3.05, 3.63) is 52.5 Å². The molecule has 0 spiro atoms. The second-order valence-corrected chi connectivity index (χ2v) is 5.34. The molecule has 2 aromatic carbocycles. The molecule has 0 aliphatic carbocycles. The maximum Gasteiger partial charge on any atom is 0.262 e. The van der Waals surface area contributed by atoms with Gasteiger partial charge in [-0.15, -0.1) is 0 Å². The topological polar surface area (TPSA) is 67.4 Å². The Balaban J connectivity index is 1.83. The lowest BCUT2D eigenvalue weighted by Gasteiger charge is -2.18. The third-order valence-corrected chi connectivity index (χ3v) is 3.69. The predicted molar refractivity (Wildman–Crippen MR) is 82.7 cm³/mol. The van der Waals surface area contributed by atoms with Crippen LogP contribution in [0.1, 0.15) is 10.4 Å². The molecule has 1 aliphatic heterocycles. The number of halogens is 1. The van der Waals surface area contributed by atoms with Crippen LogP contribution >= 0.6 is 15.9 Å². The van der Waals surface area contributed by atoms with Crippen LogP contribution in [0.15, 0.2) is 46.9 Å². The van der Waals surface area contributed by atoms with Gasteiger partial charge in [-0.25, -0.2) is 0 Å². The highest BCUT2D eigenvalue weighted by molar-refractivity contribution is 9.10. The van der Waals surface area contributed by atoms with Crippen LogP contribution in [-0.2, 0) is 4.79 Å². The van der Waals surface area contributed by atoms with Gasteiger partial charge in [-0.3, -0.25) is 9.59 Å². The lowest BCUT2D eigenvalue weighted by Crippen LogP contribution is -2.25. The van der Waals surface area contributed by atoms with Gasteiger partial charge in [-0.1, -0.05) is 12.1 Å². The number of carbonyl (C=O) groups excluding carboxylic acids is 2. The highest BCUT2D eigenvalue weighted by atomic mass is 79.9. The first-order valence-corrected chi connectivity index (χ1v) is 7.05. The zero-order chi connectivity index (χ0) is 14.8. The molecule has 5 nitrogen and oxygen atoms in total. The molecular formula is C15H11BrN2O3. The molecular weight excluding hydrogens is 336 g/mol. The van der Waals surface area contributed by atoms with Gasteiger partial charge in [-0.2, -0.15) is 0 Å². The molecule has 1 heterocycles. The molecule has 0 fully saturated rings. The van der Waals surface area contributed by atoms with Gasteiger partial charge in [0.2, 0.25) is 0 Å². The zero-order valence-corrected chi connectivity index (χ0v) is 12.4. The number of carbonyl (C=O) groups is 2. The van der Waals surface area contributed by atoms with Crippen LogP contribution in [0.25, 0.3) is 0 Å². The fourth-order valence-corrected chi connectivity index (χ4v) is 2.36. The Bertz CT molecular complexity index is 731. The van der Waals surface area contributed by atoms with Crippen molar-refractivity contribution in [1.82, 2.24) is 0 Å². The second-order valence-electron chi connectivity index (χ2n) is 4.48. The minimum Gasteiger partial charge on any atom is -0.482 e. The molecule has 0 unspecified atom stereocenters. The first kappa shape index (κ1) is 13.6. The summed E-state index contributed by atoms with van der Waals surface area (Å²) in [5, 5.41) is 5.50. The highest BCUT2D eigenvalue weighted by Gasteiger charge is 2.18. The molecule has 0 atom stereocenters. The number of rotatable bonds is 2. The summed E-state index contributed by atoms with van der Waals surface area (Å²) in [7, 11) is 0. The van der Waals surface area contributed by atoms with Crippen LogP contribution in [0.5, 0.6) is 5.75 Å². The summed E-state index contributed by atoms with van der Waals surface area (Å²) >= 11 is 3.38. The van der Waals surface area contributed by atoms with E-state index in [1.807, 2.05) is 18.2 Å². The Hall–Kier alpha value is -2.34. The number of nitrogens with one attached hydrogen (secondary N) is 2. The molecule has 2 amide bonds. The van der Waals surface area contributed by atoms with Crippen molar-refractivity contribution >= 4 is 39.1 Å². The number of amides is 2. The number of benzene rings is 2. The van der Waals surface area contributed by atoms with Gasteiger partial charge in [0.05, 0.1) is 11.4 Å². The Kier molecular flexibility index (Phi) is 3.62. The van der Waals surface area contributed by atoms with Gasteiger partial charge in [-0.05, 0) is 46.3 Å². The van der Waals surface area contributed by atoms with Crippen molar-refractivity contribution < 1.29 is 14.3 Å². The van der Waals surface area contributed by atoms with E-state index in [1.165, 1.54) is 0 Å². The molecule has 2 N–H and O–H groups in total. The molecule has 0 saturated heterocycles. The maximum absolute atomic E-state index is 12.2. The standard InChI is InChI=1S/C15H11BrN2O3/c16-10-3-1-2-4-11(10)18-15(20)9-5-6-12-13(7-9)21-8-14(19)17-12/h1-7H,8H2,(H,17,19)(H,18,20). The third kappa shape index (κ3) is 2.90. The van der Waals surface area contributed by atoms with Crippen molar-refractivity contribution in [3.63, 3.8) is 0 Å². The third-order valence-electron chi connectivity index (χ3n) is 3.00. The number of fused-ring (bicyclic) bond motifs is 1. The number of hydrogen-bond acceptors (Lipinski definition) is 3. The van der Waals surface area contributed by atoms with Gasteiger partial charge in [0.15, 0.2) is 6.61 Å². The van der Waals surface area contributed by atoms with E-state index in [9.17, 15) is 9.59 Å². The molecule has 21 heavy (non-hydrogen) atoms. The fraction of sp³-hybridized carbons (Fsp3) is 0.0667. The highest BCUT2D eigenvalue weighted by Crippen LogP contribution is 2.29. The fourth-order valence-electron chi connectivity index (χ4n) is 1.97. The smallest absolute Gasteiger partial charge is 0.262 e. The van der Waals surface area contributed by atoms with Crippen LogP contribution in [-0.4, -0.2) is 18.4 Å². The molecule has 0 radical (unpaired) electrons. The average molecular weight is 347 g/mol. The number of hydrogen-bond donors (Lipinski definition) is 2. The molecule has 0 aromatic heterocycles. The Morgan fingerprint density at radius 2 is 2.05 bits per heavy atom. The van der Waals surface area contributed by atoms with Crippen molar-refractivity contribution in [2.45, 2.75) is 0 Å². The van der Waals surface area contributed by atoms with Gasteiger partial charge in [0.1, 0.15) is 5.75 Å². The van der Waals surface area contributed by atoms with E-state index in [1.54, 1.807) is 24.3 Å². The molecule has 106 valence electrons. The quantitative estimate of drug-likeness (QED) is 0.878. The van der Waals surface area contributed by atoms with E-state index >= 15 is 0 Å². The first-order valence-electron chi connectivity index (χ1n) is 6.26. The normalized spacial score (nSPS) is 12.9. The Labute approximate surface area is 129 Å². The van der Waals surface area contributed by atoms with Gasteiger partial charge in [0.25, 0.3) is 11.8 Å². The van der Waals surface area contributed by atoms with Crippen LogP contribution in [0.3, 0.4) is 0 Å². The number of anilines is 2. The minimum absolute atomic E-state index is 0.0394. The van der Waals surface area contributed by atoms with Crippen molar-refractivity contribution in [2.75, 3.05) is 17.2 Å². The lowest BCUT2D eigenvalue weighted by atomic mass is 10.1. The van der Waals surface area contributed by atoms with Crippen LogP contribution < -0.4 is 15.4 Å². The van der Waals surface area contributed by atoms with Gasteiger partial charge >= 0.3 is 0 Å². The van der Waals surface area contributed by atoms with E-state index in [0.29, 0.717) is 22.7 Å². The van der Waals surface area contributed by atoms with E-state index in [-0.39, 0.29) is 18.4 Å². The molecule has 6 heteroatoms. The molecule has 1 aliphatic rings. The summed E-state index contributed by atoms with van der Waals surface area (Å²) in [6.07, 6.45) is 0. The summed E-state index contributed by atoms with van der Waals surface area (Å²) in [6.45, 7) is -0.0394. The van der Waals surface area contributed by atoms with E-state index in [0.717, 1.165) is 4.47 Å². The second kappa shape index (κ2) is 5.57. The van der Waals surface area contributed by atoms with Crippen molar-refractivity contribution in [1.29, 1.82) is 0 Å². The van der Waals surface area contributed by atoms with Crippen LogP contribution in [0, 0.1) is 0 Å². The number of para-hydroxylation sites is 1. The van der Waals surface area contributed by atoms with Crippen LogP contribution in [0.2, 0.25) is 0 Å². The SMILES string of the molecule is O=C1COc2cc(C(=O)Nc3ccccc3Br)ccc2N1. The molecule has 2 aromatic rings. The van der Waals surface area contributed by atoms with Gasteiger partial charge < -0.3 is 15.4 Å². The largest absolute Gasteiger partial charge is 0.482 e. The van der Waals surface area contributed by atoms with E-state index < -0.39 is 0 Å². The summed E-state index contributed by atoms with van der Waals surface area (Å²) < 4.78 is 6.10. The van der Waals surface area contributed by atoms with E-state index in [4.69, 9.17) is 4.74 Å². The Morgan fingerprint density at radius 1 is 1.24 bits per heavy atom. The maximum atomic E-state index is 12.2. The molecule has 3 rings (SSSR count). The Morgan fingerprint density at radius 3 is 2.86 bits per heavy atom. The van der Waals surface area contributed by atoms with Crippen molar-refractivity contribution in [3.8, 4) is 5.75 Å². The molecule has 0 bridgehead atoms.